The zero-order valence-electron chi connectivity index (χ0n) is 19.1. The van der Waals surface area contributed by atoms with E-state index in [1.54, 1.807) is 0 Å². The summed E-state index contributed by atoms with van der Waals surface area (Å²) in [4.78, 5) is 13.5. The van der Waals surface area contributed by atoms with Crippen LogP contribution in [0.4, 0.5) is 39.5 Å². The molecule has 1 N–H and O–H groups in total. The number of piperidine rings is 1. The number of carboxylic acid groups (broad SMARTS) is 1. The van der Waals surface area contributed by atoms with Gasteiger partial charge in [0.1, 0.15) is 0 Å². The van der Waals surface area contributed by atoms with E-state index in [2.05, 4.69) is 6.58 Å². The van der Waals surface area contributed by atoms with E-state index in [1.807, 2.05) is 0 Å². The van der Waals surface area contributed by atoms with Gasteiger partial charge in [-0.15, -0.1) is 6.58 Å². The van der Waals surface area contributed by atoms with E-state index >= 15 is 0 Å². The second kappa shape index (κ2) is 10.0. The summed E-state index contributed by atoms with van der Waals surface area (Å²) in [5.74, 6) is -1.21. The number of rotatable bonds is 6. The first kappa shape index (κ1) is 28.5. The molecule has 202 valence electrons. The highest BCUT2D eigenvalue weighted by Crippen LogP contribution is 2.47. The summed E-state index contributed by atoms with van der Waals surface area (Å²) in [6, 6.07) is 3.82. The second-order valence-electron chi connectivity index (χ2n) is 9.01. The molecule has 0 amide bonds. The molecule has 0 aliphatic carbocycles. The molecular weight excluding hydrogens is 517 g/mol. The number of nitrogens with zero attached hydrogens (tertiary/aromatic N) is 1. The number of hydrogen-bond donors (Lipinski definition) is 1. The van der Waals surface area contributed by atoms with Gasteiger partial charge in [0.2, 0.25) is 0 Å². The molecule has 1 fully saturated rings. The van der Waals surface area contributed by atoms with Crippen molar-refractivity contribution in [2.45, 2.75) is 50.4 Å². The Kier molecular flexibility index (Phi) is 7.74. The summed E-state index contributed by atoms with van der Waals surface area (Å²) in [6.07, 6.45) is -13.4. The highest BCUT2D eigenvalue weighted by molar-refractivity contribution is 5.75. The molecule has 3 rings (SSSR count). The van der Waals surface area contributed by atoms with Gasteiger partial charge in [-0.2, -0.15) is 39.5 Å². The molecule has 0 radical (unpaired) electrons. The van der Waals surface area contributed by atoms with Crippen molar-refractivity contribution in [3.8, 4) is 0 Å². The average molecular weight is 539 g/mol. The van der Waals surface area contributed by atoms with Crippen molar-refractivity contribution in [3.63, 3.8) is 0 Å². The fourth-order valence-corrected chi connectivity index (χ4v) is 4.67. The summed E-state index contributed by atoms with van der Waals surface area (Å²) < 4.78 is 120. The highest BCUT2D eigenvalue weighted by atomic mass is 19.4. The predicted octanol–water partition coefficient (Wildman–Crippen LogP) is 7.73. The topological polar surface area (TPSA) is 40.5 Å². The van der Waals surface area contributed by atoms with E-state index in [0.717, 1.165) is 24.3 Å². The third-order valence-corrected chi connectivity index (χ3v) is 6.63. The number of halogens is 9. The monoisotopic (exact) mass is 539 g/mol. The summed E-state index contributed by atoms with van der Waals surface area (Å²) in [5.41, 5.74) is -5.43. The summed E-state index contributed by atoms with van der Waals surface area (Å²) in [5, 5.41) is 9.90. The molecule has 1 aliphatic heterocycles. The van der Waals surface area contributed by atoms with Gasteiger partial charge < -0.3 is 5.11 Å². The molecule has 2 atom stereocenters. The van der Waals surface area contributed by atoms with Crippen molar-refractivity contribution in [2.75, 3.05) is 6.54 Å². The molecule has 1 heterocycles. The maximum absolute atomic E-state index is 13.6. The van der Waals surface area contributed by atoms with Gasteiger partial charge >= 0.3 is 24.5 Å². The standard InChI is InChI=1S/C25H22F9NO2/c1-2-9-22(21(36)37)10-11-35(20(13-22)15-3-5-17(6-4-15)23(26,27)28)14-16-12-18(24(29,30)31)7-8-19(16)25(32,33)34/h2-8,12,20H,1,9-11,13-14H2,(H,36,37)/t20-,22+/m0/s1. The Labute approximate surface area is 206 Å². The zero-order chi connectivity index (χ0) is 27.8. The number of alkyl halides is 9. The maximum Gasteiger partial charge on any atom is 0.416 e. The maximum atomic E-state index is 13.6. The van der Waals surface area contributed by atoms with E-state index in [-0.39, 0.29) is 31.4 Å². The van der Waals surface area contributed by atoms with Crippen molar-refractivity contribution in [3.05, 3.63) is 82.9 Å². The van der Waals surface area contributed by atoms with E-state index in [4.69, 9.17) is 0 Å². The Morgan fingerprint density at radius 2 is 1.51 bits per heavy atom. The Hall–Kier alpha value is -3.02. The Morgan fingerprint density at radius 1 is 0.946 bits per heavy atom. The van der Waals surface area contributed by atoms with Crippen LogP contribution in [0.15, 0.2) is 55.1 Å². The number of benzene rings is 2. The van der Waals surface area contributed by atoms with Crippen LogP contribution < -0.4 is 0 Å². The van der Waals surface area contributed by atoms with Crippen molar-refractivity contribution < 1.29 is 49.4 Å². The van der Waals surface area contributed by atoms with Gasteiger partial charge in [0.15, 0.2) is 0 Å². The average Bonchev–Trinajstić information content (AvgIpc) is 2.78. The van der Waals surface area contributed by atoms with Gasteiger partial charge in [-0.3, -0.25) is 9.69 Å². The van der Waals surface area contributed by atoms with Crippen molar-refractivity contribution in [1.82, 2.24) is 4.90 Å². The molecule has 1 aliphatic rings. The minimum absolute atomic E-state index is 0.00926. The number of carboxylic acids is 1. The summed E-state index contributed by atoms with van der Waals surface area (Å²) in [7, 11) is 0. The molecule has 0 spiro atoms. The number of carbonyl (C=O) groups is 1. The van der Waals surface area contributed by atoms with Crippen molar-refractivity contribution >= 4 is 5.97 Å². The quantitative estimate of drug-likeness (QED) is 0.302. The SMILES string of the molecule is C=CC[C@@]1(C(=O)O)CCN(Cc2cc(C(F)(F)F)ccc2C(F)(F)F)[C@H](c2ccc(C(F)(F)F)cc2)C1. The van der Waals surface area contributed by atoms with E-state index in [1.165, 1.54) is 11.0 Å². The number of likely N-dealkylation sites (tertiary alicyclic amines) is 1. The normalized spacial score (nSPS) is 21.6. The molecule has 3 nitrogen and oxygen atoms in total. The van der Waals surface area contributed by atoms with Crippen LogP contribution in [0.25, 0.3) is 0 Å². The molecule has 1 saturated heterocycles. The fourth-order valence-electron chi connectivity index (χ4n) is 4.67. The molecule has 2 aromatic rings. The molecule has 0 saturated carbocycles. The summed E-state index contributed by atoms with van der Waals surface area (Å²) in [6.45, 7) is 2.79. The molecule has 0 unspecified atom stereocenters. The number of aliphatic carboxylic acids is 1. The van der Waals surface area contributed by atoms with Crippen LogP contribution in [0.3, 0.4) is 0 Å². The largest absolute Gasteiger partial charge is 0.481 e. The third kappa shape index (κ3) is 6.28. The molecule has 37 heavy (non-hydrogen) atoms. The van der Waals surface area contributed by atoms with Crippen LogP contribution in [-0.2, 0) is 29.9 Å². The molecular formula is C25H22F9NO2. The lowest BCUT2D eigenvalue weighted by molar-refractivity contribution is -0.153. The van der Waals surface area contributed by atoms with Gasteiger partial charge in [0.05, 0.1) is 22.1 Å². The minimum atomic E-state index is -4.97. The lowest BCUT2D eigenvalue weighted by Crippen LogP contribution is -2.45. The number of hydrogen-bond acceptors (Lipinski definition) is 2. The minimum Gasteiger partial charge on any atom is -0.481 e. The first-order valence-electron chi connectivity index (χ1n) is 11.0. The van der Waals surface area contributed by atoms with Gasteiger partial charge in [0, 0.05) is 19.1 Å². The lowest BCUT2D eigenvalue weighted by atomic mass is 9.71. The fraction of sp³-hybridized carbons (Fsp3) is 0.400. The first-order valence-corrected chi connectivity index (χ1v) is 11.0. The zero-order valence-corrected chi connectivity index (χ0v) is 19.1. The molecule has 0 bridgehead atoms. The first-order chi connectivity index (χ1) is 17.0. The molecule has 0 aromatic heterocycles. The van der Waals surface area contributed by atoms with Crippen LogP contribution in [0.1, 0.15) is 53.1 Å². The van der Waals surface area contributed by atoms with Gasteiger partial charge in [-0.1, -0.05) is 18.2 Å². The van der Waals surface area contributed by atoms with Crippen LogP contribution in [0.2, 0.25) is 0 Å². The van der Waals surface area contributed by atoms with E-state index in [9.17, 15) is 49.4 Å². The van der Waals surface area contributed by atoms with Gasteiger partial charge in [-0.25, -0.2) is 0 Å². The Balaban J connectivity index is 2.08. The molecule has 12 heteroatoms. The van der Waals surface area contributed by atoms with Gasteiger partial charge in [0.25, 0.3) is 0 Å². The predicted molar refractivity (Wildman–Crippen MR) is 115 cm³/mol. The van der Waals surface area contributed by atoms with Crippen molar-refractivity contribution in [2.24, 2.45) is 5.41 Å². The second-order valence-corrected chi connectivity index (χ2v) is 9.01. The van der Waals surface area contributed by atoms with Crippen molar-refractivity contribution in [1.29, 1.82) is 0 Å². The lowest BCUT2D eigenvalue weighted by Gasteiger charge is -2.45. The third-order valence-electron chi connectivity index (χ3n) is 6.63. The Bertz CT molecular complexity index is 1140. The highest BCUT2D eigenvalue weighted by Gasteiger charge is 2.46. The van der Waals surface area contributed by atoms with Crippen LogP contribution >= 0.6 is 0 Å². The Morgan fingerprint density at radius 3 is 2.00 bits per heavy atom. The van der Waals surface area contributed by atoms with E-state index < -0.39 is 64.8 Å². The van der Waals surface area contributed by atoms with Crippen LogP contribution in [0.5, 0.6) is 0 Å². The van der Waals surface area contributed by atoms with Crippen LogP contribution in [0, 0.1) is 5.41 Å². The smallest absolute Gasteiger partial charge is 0.416 e. The van der Waals surface area contributed by atoms with Crippen LogP contribution in [-0.4, -0.2) is 22.5 Å². The summed E-state index contributed by atoms with van der Waals surface area (Å²) >= 11 is 0. The number of allylic oxidation sites excluding steroid dienone is 1. The van der Waals surface area contributed by atoms with Gasteiger partial charge in [-0.05, 0) is 60.7 Å². The van der Waals surface area contributed by atoms with E-state index in [0.29, 0.717) is 18.2 Å². The molecule has 2 aromatic carbocycles.